The first-order chi connectivity index (χ1) is 5.13. The van der Waals surface area contributed by atoms with E-state index in [1.54, 1.807) is 0 Å². The molecule has 0 aromatic rings. The maximum Gasteiger partial charge on any atom is 0.109 e. The van der Waals surface area contributed by atoms with Crippen LogP contribution in [-0.4, -0.2) is 49.4 Å². The second-order valence-corrected chi connectivity index (χ2v) is 2.46. The van der Waals surface area contributed by atoms with E-state index in [4.69, 9.17) is 14.6 Å². The van der Waals surface area contributed by atoms with Gasteiger partial charge in [-0.2, -0.15) is 0 Å². The molecule has 3 unspecified atom stereocenters. The summed E-state index contributed by atoms with van der Waals surface area (Å²) < 4.78 is 9.65. The summed E-state index contributed by atoms with van der Waals surface area (Å²) in [7, 11) is 2.98. The average molecular weight is 164 g/mol. The molecule has 0 aliphatic heterocycles. The van der Waals surface area contributed by atoms with Crippen molar-refractivity contribution in [2.75, 3.05) is 20.8 Å². The van der Waals surface area contributed by atoms with Gasteiger partial charge in [-0.15, -0.1) is 0 Å². The fourth-order valence-electron chi connectivity index (χ4n) is 0.781. The molecule has 0 saturated heterocycles. The summed E-state index contributed by atoms with van der Waals surface area (Å²) >= 11 is 0. The summed E-state index contributed by atoms with van der Waals surface area (Å²) in [4.78, 5) is 0. The Balaban J connectivity index is 3.81. The standard InChI is InChI=1S/C7H16O4/c1-5(8)7(9)6(11-3)4-10-2/h5-9H,4H2,1-3H3. The molecule has 2 N–H and O–H groups in total. The first-order valence-electron chi connectivity index (χ1n) is 3.51. The highest BCUT2D eigenvalue weighted by Gasteiger charge is 2.22. The van der Waals surface area contributed by atoms with E-state index in [2.05, 4.69) is 0 Å². The Morgan fingerprint density at radius 1 is 1.27 bits per heavy atom. The van der Waals surface area contributed by atoms with E-state index in [0.29, 0.717) is 0 Å². The molecule has 0 aromatic carbocycles. The minimum Gasteiger partial charge on any atom is -0.391 e. The molecule has 0 amide bonds. The molecular weight excluding hydrogens is 148 g/mol. The molecule has 0 rings (SSSR count). The zero-order chi connectivity index (χ0) is 8.85. The fraction of sp³-hybridized carbons (Fsp3) is 1.00. The van der Waals surface area contributed by atoms with Crippen LogP contribution in [0.5, 0.6) is 0 Å². The molecule has 68 valence electrons. The first kappa shape index (κ1) is 10.8. The zero-order valence-corrected chi connectivity index (χ0v) is 7.15. The minimum absolute atomic E-state index is 0.280. The number of aliphatic hydroxyl groups is 2. The summed E-state index contributed by atoms with van der Waals surface area (Å²) in [6.45, 7) is 1.79. The molecule has 4 heteroatoms. The van der Waals surface area contributed by atoms with Gasteiger partial charge in [0.25, 0.3) is 0 Å². The van der Waals surface area contributed by atoms with Crippen molar-refractivity contribution >= 4 is 0 Å². The Kier molecular flexibility index (Phi) is 5.41. The molecule has 0 fully saturated rings. The number of hydrogen-bond acceptors (Lipinski definition) is 4. The highest BCUT2D eigenvalue weighted by Crippen LogP contribution is 2.03. The van der Waals surface area contributed by atoms with Crippen molar-refractivity contribution in [3.8, 4) is 0 Å². The lowest BCUT2D eigenvalue weighted by Crippen LogP contribution is -2.39. The molecule has 4 nitrogen and oxygen atoms in total. The van der Waals surface area contributed by atoms with Gasteiger partial charge in [-0.25, -0.2) is 0 Å². The van der Waals surface area contributed by atoms with Gasteiger partial charge in [0, 0.05) is 14.2 Å². The second-order valence-electron chi connectivity index (χ2n) is 2.46. The van der Waals surface area contributed by atoms with Crippen molar-refractivity contribution in [1.29, 1.82) is 0 Å². The van der Waals surface area contributed by atoms with Gasteiger partial charge in [0.2, 0.25) is 0 Å². The van der Waals surface area contributed by atoms with E-state index < -0.39 is 18.3 Å². The van der Waals surface area contributed by atoms with E-state index in [1.165, 1.54) is 21.1 Å². The summed E-state index contributed by atoms with van der Waals surface area (Å²) in [6, 6.07) is 0. The van der Waals surface area contributed by atoms with Crippen LogP contribution in [0.15, 0.2) is 0 Å². The van der Waals surface area contributed by atoms with Gasteiger partial charge in [-0.05, 0) is 6.92 Å². The van der Waals surface area contributed by atoms with Gasteiger partial charge in [-0.3, -0.25) is 0 Å². The van der Waals surface area contributed by atoms with Crippen LogP contribution >= 0.6 is 0 Å². The van der Waals surface area contributed by atoms with Gasteiger partial charge in [0.15, 0.2) is 0 Å². The van der Waals surface area contributed by atoms with Gasteiger partial charge in [0.05, 0.1) is 12.7 Å². The van der Waals surface area contributed by atoms with Crippen molar-refractivity contribution in [2.45, 2.75) is 25.2 Å². The van der Waals surface area contributed by atoms with Crippen LogP contribution < -0.4 is 0 Å². The molecule has 0 radical (unpaired) electrons. The third-order valence-corrected chi connectivity index (χ3v) is 1.51. The number of hydrogen-bond donors (Lipinski definition) is 2. The van der Waals surface area contributed by atoms with Crippen molar-refractivity contribution < 1.29 is 19.7 Å². The smallest absolute Gasteiger partial charge is 0.109 e. The lowest BCUT2D eigenvalue weighted by molar-refractivity contribution is -0.0929. The summed E-state index contributed by atoms with van der Waals surface area (Å²) in [5.41, 5.74) is 0. The quantitative estimate of drug-likeness (QED) is 0.569. The molecule has 0 aliphatic carbocycles. The highest BCUT2D eigenvalue weighted by molar-refractivity contribution is 4.72. The minimum atomic E-state index is -0.889. The lowest BCUT2D eigenvalue weighted by Gasteiger charge is -2.22. The van der Waals surface area contributed by atoms with E-state index in [0.717, 1.165) is 0 Å². The molecule has 0 aliphatic rings. The van der Waals surface area contributed by atoms with E-state index in [1.807, 2.05) is 0 Å². The Labute approximate surface area is 66.7 Å². The van der Waals surface area contributed by atoms with Gasteiger partial charge in [-0.1, -0.05) is 0 Å². The van der Waals surface area contributed by atoms with Crippen LogP contribution in [0.1, 0.15) is 6.92 Å². The van der Waals surface area contributed by atoms with E-state index in [9.17, 15) is 5.11 Å². The average Bonchev–Trinajstić information content (AvgIpc) is 1.98. The van der Waals surface area contributed by atoms with Crippen LogP contribution in [0.25, 0.3) is 0 Å². The third kappa shape index (κ3) is 3.67. The van der Waals surface area contributed by atoms with Crippen LogP contribution in [0.2, 0.25) is 0 Å². The van der Waals surface area contributed by atoms with Crippen LogP contribution in [-0.2, 0) is 9.47 Å². The summed E-state index contributed by atoms with van der Waals surface area (Å²) in [5.74, 6) is 0. The van der Waals surface area contributed by atoms with Gasteiger partial charge in [0.1, 0.15) is 12.2 Å². The van der Waals surface area contributed by atoms with Crippen LogP contribution in [0, 0.1) is 0 Å². The van der Waals surface area contributed by atoms with E-state index >= 15 is 0 Å². The maximum absolute atomic E-state index is 9.26. The molecule has 0 spiro atoms. The Hall–Kier alpha value is -0.160. The largest absolute Gasteiger partial charge is 0.391 e. The fourth-order valence-corrected chi connectivity index (χ4v) is 0.781. The molecule has 11 heavy (non-hydrogen) atoms. The molecule has 0 saturated carbocycles. The molecule has 0 aromatic heterocycles. The van der Waals surface area contributed by atoms with Gasteiger partial charge >= 0.3 is 0 Å². The van der Waals surface area contributed by atoms with Crippen molar-refractivity contribution in [3.05, 3.63) is 0 Å². The maximum atomic E-state index is 9.26. The number of ether oxygens (including phenoxy) is 2. The topological polar surface area (TPSA) is 58.9 Å². The Morgan fingerprint density at radius 3 is 2.09 bits per heavy atom. The van der Waals surface area contributed by atoms with Crippen LogP contribution in [0.3, 0.4) is 0 Å². The van der Waals surface area contributed by atoms with Crippen molar-refractivity contribution in [2.24, 2.45) is 0 Å². The Bertz CT molecular complexity index is 94.4. The summed E-state index contributed by atoms with van der Waals surface area (Å²) in [6.07, 6.45) is -2.14. The first-order valence-corrected chi connectivity index (χ1v) is 3.51. The molecular formula is C7H16O4. The normalized spacial score (nSPS) is 19.4. The van der Waals surface area contributed by atoms with Crippen molar-refractivity contribution in [3.63, 3.8) is 0 Å². The predicted octanol–water partition coefficient (Wildman–Crippen LogP) is -0.611. The monoisotopic (exact) mass is 164 g/mol. The Morgan fingerprint density at radius 2 is 1.82 bits per heavy atom. The number of methoxy groups -OCH3 is 2. The molecule has 0 bridgehead atoms. The molecule has 3 atom stereocenters. The SMILES string of the molecule is COCC(OC)C(O)C(C)O. The zero-order valence-electron chi connectivity index (χ0n) is 7.15. The summed E-state index contributed by atoms with van der Waals surface area (Å²) in [5, 5.41) is 18.2. The van der Waals surface area contributed by atoms with Crippen LogP contribution in [0.4, 0.5) is 0 Å². The van der Waals surface area contributed by atoms with E-state index in [-0.39, 0.29) is 6.61 Å². The highest BCUT2D eigenvalue weighted by atomic mass is 16.5. The predicted molar refractivity (Wildman–Crippen MR) is 40.4 cm³/mol. The molecule has 0 heterocycles. The third-order valence-electron chi connectivity index (χ3n) is 1.51. The lowest BCUT2D eigenvalue weighted by atomic mass is 10.1. The second kappa shape index (κ2) is 5.49. The van der Waals surface area contributed by atoms with Gasteiger partial charge < -0.3 is 19.7 Å². The number of rotatable bonds is 5. The van der Waals surface area contributed by atoms with Crippen molar-refractivity contribution in [1.82, 2.24) is 0 Å². The number of aliphatic hydroxyl groups excluding tert-OH is 2.